The second-order valence-corrected chi connectivity index (χ2v) is 6.88. The monoisotopic (exact) mass is 333 g/mol. The van der Waals surface area contributed by atoms with Gasteiger partial charge in [-0.1, -0.05) is 41.9 Å². The van der Waals surface area contributed by atoms with E-state index in [0.29, 0.717) is 12.5 Å². The number of halogens is 1. The Balaban J connectivity index is 1.71. The van der Waals surface area contributed by atoms with Crippen LogP contribution in [0, 0.1) is 12.8 Å². The smallest absolute Gasteiger partial charge is 0.132 e. The fourth-order valence-electron chi connectivity index (χ4n) is 3.25. The zero-order valence-electron chi connectivity index (χ0n) is 13.7. The number of hydrogen-bond acceptors (Lipinski definition) is 3. The lowest BCUT2D eigenvalue weighted by molar-refractivity contribution is 0.127. The van der Waals surface area contributed by atoms with E-state index in [1.807, 2.05) is 36.7 Å². The van der Waals surface area contributed by atoms with Crippen molar-refractivity contribution in [1.29, 1.82) is 0 Å². The topological polar surface area (TPSA) is 41.3 Å². The average Bonchev–Trinajstić information content (AvgIpc) is 3.10. The Bertz CT molecular complexity index is 654. The molecule has 124 valence electrons. The zero-order valence-corrected chi connectivity index (χ0v) is 14.5. The predicted octanol–water partition coefficient (Wildman–Crippen LogP) is 3.10. The summed E-state index contributed by atoms with van der Waals surface area (Å²) < 4.78 is 1.88. The molecule has 0 spiro atoms. The third-order valence-electron chi connectivity index (χ3n) is 4.73. The van der Waals surface area contributed by atoms with E-state index < -0.39 is 0 Å². The van der Waals surface area contributed by atoms with Crippen molar-refractivity contribution in [1.82, 2.24) is 14.7 Å². The van der Waals surface area contributed by atoms with Gasteiger partial charge in [-0.3, -0.25) is 4.90 Å². The summed E-state index contributed by atoms with van der Waals surface area (Å²) in [6, 6.07) is 10.2. The molecular formula is C18H24ClN3O. The van der Waals surface area contributed by atoms with Crippen LogP contribution in [0.15, 0.2) is 30.3 Å². The van der Waals surface area contributed by atoms with Gasteiger partial charge in [-0.05, 0) is 38.3 Å². The van der Waals surface area contributed by atoms with Crippen molar-refractivity contribution in [2.24, 2.45) is 5.92 Å². The van der Waals surface area contributed by atoms with Gasteiger partial charge in [-0.25, -0.2) is 4.68 Å². The van der Waals surface area contributed by atoms with Gasteiger partial charge in [0.05, 0.1) is 18.3 Å². The fraction of sp³-hybridized carbons (Fsp3) is 0.500. The normalized spacial score (nSPS) is 20.1. The second kappa shape index (κ2) is 7.04. The van der Waals surface area contributed by atoms with E-state index >= 15 is 0 Å². The molecule has 3 rings (SSSR count). The minimum absolute atomic E-state index is 0.239. The predicted molar refractivity (Wildman–Crippen MR) is 92.6 cm³/mol. The molecule has 1 N–H and O–H groups in total. The van der Waals surface area contributed by atoms with E-state index in [1.54, 1.807) is 0 Å². The van der Waals surface area contributed by atoms with Gasteiger partial charge < -0.3 is 5.11 Å². The first-order chi connectivity index (χ1) is 11.0. The summed E-state index contributed by atoms with van der Waals surface area (Å²) in [6.45, 7) is 7.33. The molecule has 0 saturated carbocycles. The maximum absolute atomic E-state index is 9.74. The Kier molecular flexibility index (Phi) is 5.05. The fourth-order valence-corrected chi connectivity index (χ4v) is 3.55. The van der Waals surface area contributed by atoms with Gasteiger partial charge in [-0.2, -0.15) is 5.10 Å². The summed E-state index contributed by atoms with van der Waals surface area (Å²) in [5.74, 6) is 0.369. The Morgan fingerprint density at radius 2 is 2.04 bits per heavy atom. The molecule has 1 aliphatic heterocycles. The lowest BCUT2D eigenvalue weighted by Gasteiger charge is -2.17. The van der Waals surface area contributed by atoms with Crippen molar-refractivity contribution in [3.63, 3.8) is 0 Å². The van der Waals surface area contributed by atoms with Crippen molar-refractivity contribution in [3.05, 3.63) is 52.3 Å². The second-order valence-electron chi connectivity index (χ2n) is 6.52. The third-order valence-corrected chi connectivity index (χ3v) is 5.15. The highest BCUT2D eigenvalue weighted by Crippen LogP contribution is 2.26. The van der Waals surface area contributed by atoms with E-state index in [2.05, 4.69) is 22.1 Å². The Morgan fingerprint density at radius 1 is 1.30 bits per heavy atom. The lowest BCUT2D eigenvalue weighted by Crippen LogP contribution is -2.24. The minimum Gasteiger partial charge on any atom is -0.393 e. The van der Waals surface area contributed by atoms with Gasteiger partial charge in [-0.15, -0.1) is 0 Å². The number of hydrogen-bond donors (Lipinski definition) is 1. The van der Waals surface area contributed by atoms with Crippen LogP contribution in [-0.2, 0) is 13.1 Å². The van der Waals surface area contributed by atoms with Crippen LogP contribution in [0.4, 0.5) is 0 Å². The zero-order chi connectivity index (χ0) is 16.4. The van der Waals surface area contributed by atoms with Crippen molar-refractivity contribution in [2.75, 3.05) is 13.1 Å². The van der Waals surface area contributed by atoms with Crippen LogP contribution in [0.25, 0.3) is 0 Å². The summed E-state index contributed by atoms with van der Waals surface area (Å²) in [6.07, 6.45) is 0.810. The van der Waals surface area contributed by atoms with E-state index in [4.69, 9.17) is 11.6 Å². The molecule has 0 bridgehead atoms. The van der Waals surface area contributed by atoms with Crippen molar-refractivity contribution in [3.8, 4) is 0 Å². The number of likely N-dealkylation sites (tertiary alicyclic amines) is 1. The van der Waals surface area contributed by atoms with Crippen LogP contribution < -0.4 is 0 Å². The summed E-state index contributed by atoms with van der Waals surface area (Å²) in [7, 11) is 0. The molecule has 1 aliphatic rings. The van der Waals surface area contributed by atoms with Gasteiger partial charge in [0.25, 0.3) is 0 Å². The number of aromatic nitrogens is 2. The quantitative estimate of drug-likeness (QED) is 0.914. The van der Waals surface area contributed by atoms with Crippen molar-refractivity contribution in [2.45, 2.75) is 39.5 Å². The SMILES string of the molecule is Cc1nn(Cc2ccccc2)c(Cl)c1CN1CCC(C(C)O)C1. The van der Waals surface area contributed by atoms with Crippen LogP contribution in [0.2, 0.25) is 5.15 Å². The van der Waals surface area contributed by atoms with Crippen LogP contribution in [0.1, 0.15) is 30.2 Å². The van der Waals surface area contributed by atoms with Gasteiger partial charge in [0.15, 0.2) is 0 Å². The first kappa shape index (κ1) is 16.5. The van der Waals surface area contributed by atoms with Crippen molar-refractivity contribution < 1.29 is 5.11 Å². The summed E-state index contributed by atoms with van der Waals surface area (Å²) >= 11 is 6.58. The van der Waals surface area contributed by atoms with Gasteiger partial charge in [0, 0.05) is 18.7 Å². The maximum Gasteiger partial charge on any atom is 0.132 e. The number of aryl methyl sites for hydroxylation is 1. The molecule has 2 aromatic rings. The van der Waals surface area contributed by atoms with E-state index in [-0.39, 0.29) is 6.10 Å². The molecule has 1 aromatic heterocycles. The molecule has 0 aliphatic carbocycles. The lowest BCUT2D eigenvalue weighted by atomic mass is 10.0. The molecule has 4 nitrogen and oxygen atoms in total. The number of benzene rings is 1. The molecule has 1 saturated heterocycles. The number of aliphatic hydroxyl groups excluding tert-OH is 1. The molecule has 5 heteroatoms. The molecule has 1 fully saturated rings. The molecule has 1 aromatic carbocycles. The highest BCUT2D eigenvalue weighted by atomic mass is 35.5. The standard InChI is InChI=1S/C18H24ClN3O/c1-13-17(12-21-9-8-16(11-21)14(2)23)18(19)22(20-13)10-15-6-4-3-5-7-15/h3-7,14,16,23H,8-12H2,1-2H3. The molecular weight excluding hydrogens is 310 g/mol. The maximum atomic E-state index is 9.74. The van der Waals surface area contributed by atoms with Crippen molar-refractivity contribution >= 4 is 11.6 Å². The largest absolute Gasteiger partial charge is 0.393 e. The Hall–Kier alpha value is -1.36. The van der Waals surface area contributed by atoms with Gasteiger partial charge in [0.1, 0.15) is 5.15 Å². The number of aliphatic hydroxyl groups is 1. The molecule has 23 heavy (non-hydrogen) atoms. The van der Waals surface area contributed by atoms with E-state index in [1.165, 1.54) is 5.56 Å². The molecule has 2 heterocycles. The molecule has 0 radical (unpaired) electrons. The summed E-state index contributed by atoms with van der Waals surface area (Å²) in [4.78, 5) is 2.36. The minimum atomic E-state index is -0.239. The Morgan fingerprint density at radius 3 is 2.70 bits per heavy atom. The van der Waals surface area contributed by atoms with E-state index in [9.17, 15) is 5.11 Å². The average molecular weight is 334 g/mol. The number of rotatable bonds is 5. The third kappa shape index (κ3) is 3.77. The van der Waals surface area contributed by atoms with Gasteiger partial charge in [0.2, 0.25) is 0 Å². The van der Waals surface area contributed by atoms with Crippen LogP contribution in [-0.4, -0.2) is 39.0 Å². The van der Waals surface area contributed by atoms with E-state index in [0.717, 1.165) is 42.5 Å². The summed E-state index contributed by atoms with van der Waals surface area (Å²) in [5.41, 5.74) is 3.29. The summed E-state index contributed by atoms with van der Waals surface area (Å²) in [5, 5.41) is 15.1. The molecule has 0 amide bonds. The highest BCUT2D eigenvalue weighted by Gasteiger charge is 2.27. The first-order valence-electron chi connectivity index (χ1n) is 8.20. The van der Waals surface area contributed by atoms with Crippen LogP contribution in [0.5, 0.6) is 0 Å². The van der Waals surface area contributed by atoms with Gasteiger partial charge >= 0.3 is 0 Å². The molecule has 2 atom stereocenters. The highest BCUT2D eigenvalue weighted by molar-refractivity contribution is 6.30. The molecule has 2 unspecified atom stereocenters. The van der Waals surface area contributed by atoms with Crippen LogP contribution in [0.3, 0.4) is 0 Å². The Labute approximate surface area is 142 Å². The number of nitrogens with zero attached hydrogens (tertiary/aromatic N) is 3. The first-order valence-corrected chi connectivity index (χ1v) is 8.58. The van der Waals surface area contributed by atoms with Crippen LogP contribution >= 0.6 is 11.6 Å².